The Labute approximate surface area is 138 Å². The highest BCUT2D eigenvalue weighted by molar-refractivity contribution is 5.57. The first-order chi connectivity index (χ1) is 11.1. The molecule has 3 heterocycles. The van der Waals surface area contributed by atoms with Gasteiger partial charge in [0.25, 0.3) is 0 Å². The van der Waals surface area contributed by atoms with Crippen molar-refractivity contribution in [3.63, 3.8) is 0 Å². The van der Waals surface area contributed by atoms with Crippen molar-refractivity contribution in [3.05, 3.63) is 16.8 Å². The normalized spacial score (nSPS) is 23.7. The van der Waals surface area contributed by atoms with Crippen LogP contribution in [0.3, 0.4) is 0 Å². The minimum atomic E-state index is 0.331. The van der Waals surface area contributed by atoms with Crippen LogP contribution >= 0.6 is 0 Å². The molecular weight excluding hydrogens is 290 g/mol. The highest BCUT2D eigenvalue weighted by Gasteiger charge is 2.29. The summed E-state index contributed by atoms with van der Waals surface area (Å²) in [5, 5.41) is 18.0. The molecule has 23 heavy (non-hydrogen) atoms. The molecule has 2 aliphatic rings. The Morgan fingerprint density at radius 2 is 1.91 bits per heavy atom. The molecule has 6 heteroatoms. The molecule has 1 atom stereocenters. The predicted octanol–water partition coefficient (Wildman–Crippen LogP) is 1.65. The molecule has 0 aliphatic carbocycles. The van der Waals surface area contributed by atoms with E-state index in [0.717, 1.165) is 62.7 Å². The summed E-state index contributed by atoms with van der Waals surface area (Å²) in [6.45, 7) is 10.8. The fourth-order valence-corrected chi connectivity index (χ4v) is 3.57. The number of piperidine rings is 1. The van der Waals surface area contributed by atoms with E-state index in [0.29, 0.717) is 17.7 Å². The highest BCUT2D eigenvalue weighted by Crippen LogP contribution is 2.26. The van der Waals surface area contributed by atoms with E-state index in [1.807, 2.05) is 13.8 Å². The zero-order chi connectivity index (χ0) is 16.4. The average molecular weight is 315 g/mol. The molecule has 0 saturated carbocycles. The van der Waals surface area contributed by atoms with Gasteiger partial charge in [-0.1, -0.05) is 0 Å². The van der Waals surface area contributed by atoms with Crippen LogP contribution in [0.5, 0.6) is 0 Å². The first-order valence-corrected chi connectivity index (χ1v) is 8.44. The molecule has 2 saturated heterocycles. The summed E-state index contributed by atoms with van der Waals surface area (Å²) in [4.78, 5) is 4.78. The van der Waals surface area contributed by atoms with Crippen LogP contribution in [0.1, 0.15) is 36.6 Å². The summed E-state index contributed by atoms with van der Waals surface area (Å²) in [5.74, 6) is 0.754. The molecule has 0 N–H and O–H groups in total. The van der Waals surface area contributed by atoms with Gasteiger partial charge in [-0.2, -0.15) is 10.4 Å². The molecule has 0 bridgehead atoms. The van der Waals surface area contributed by atoms with E-state index >= 15 is 0 Å². The van der Waals surface area contributed by atoms with Gasteiger partial charge in [0.1, 0.15) is 11.6 Å². The number of ether oxygens (including phenoxy) is 1. The number of nitriles is 1. The second kappa shape index (κ2) is 6.81. The Balaban J connectivity index is 1.68. The van der Waals surface area contributed by atoms with Gasteiger partial charge in [-0.05, 0) is 39.2 Å². The van der Waals surface area contributed by atoms with Crippen LogP contribution in [0.2, 0.25) is 0 Å². The smallest absolute Gasteiger partial charge is 0.169 e. The maximum atomic E-state index is 9.47. The topological polar surface area (TPSA) is 65.3 Å². The summed E-state index contributed by atoms with van der Waals surface area (Å²) in [5.41, 5.74) is 2.46. The SMILES string of the molecule is Cc1nnc(N2CCC(N3CCOC(C)C3)CC2)c(C#N)c1C. The summed E-state index contributed by atoms with van der Waals surface area (Å²) in [6, 6.07) is 2.92. The quantitative estimate of drug-likeness (QED) is 0.827. The number of rotatable bonds is 2. The van der Waals surface area contributed by atoms with E-state index in [-0.39, 0.29) is 0 Å². The number of aryl methyl sites for hydroxylation is 1. The highest BCUT2D eigenvalue weighted by atomic mass is 16.5. The predicted molar refractivity (Wildman–Crippen MR) is 88.4 cm³/mol. The molecule has 0 amide bonds. The molecule has 1 aromatic heterocycles. The molecule has 124 valence electrons. The summed E-state index contributed by atoms with van der Waals surface area (Å²) in [6.07, 6.45) is 2.54. The van der Waals surface area contributed by atoms with Gasteiger partial charge in [0, 0.05) is 32.2 Å². The van der Waals surface area contributed by atoms with E-state index in [1.54, 1.807) is 0 Å². The fourth-order valence-electron chi connectivity index (χ4n) is 3.57. The van der Waals surface area contributed by atoms with Crippen molar-refractivity contribution in [2.24, 2.45) is 0 Å². The summed E-state index contributed by atoms with van der Waals surface area (Å²) >= 11 is 0. The van der Waals surface area contributed by atoms with Crippen LogP contribution in [0.4, 0.5) is 5.82 Å². The Kier molecular flexibility index (Phi) is 4.79. The molecule has 0 aromatic carbocycles. The fraction of sp³-hybridized carbons (Fsp3) is 0.706. The molecule has 6 nitrogen and oxygen atoms in total. The molecule has 1 unspecified atom stereocenters. The van der Waals surface area contributed by atoms with Crippen molar-refractivity contribution in [2.75, 3.05) is 37.7 Å². The van der Waals surface area contributed by atoms with Gasteiger partial charge in [-0.3, -0.25) is 4.90 Å². The third-order valence-corrected chi connectivity index (χ3v) is 5.10. The molecular formula is C17H25N5O. The molecule has 0 radical (unpaired) electrons. The first-order valence-electron chi connectivity index (χ1n) is 8.44. The lowest BCUT2D eigenvalue weighted by Crippen LogP contribution is -2.51. The monoisotopic (exact) mass is 315 g/mol. The molecule has 1 aromatic rings. The molecule has 2 aliphatic heterocycles. The van der Waals surface area contributed by atoms with E-state index < -0.39 is 0 Å². The van der Waals surface area contributed by atoms with Gasteiger partial charge in [-0.25, -0.2) is 0 Å². The number of anilines is 1. The first kappa shape index (κ1) is 16.2. The Hall–Kier alpha value is -1.71. The van der Waals surface area contributed by atoms with Crippen LogP contribution < -0.4 is 4.90 Å². The summed E-state index contributed by atoms with van der Waals surface area (Å²) in [7, 11) is 0. The van der Waals surface area contributed by atoms with Crippen LogP contribution in [-0.4, -0.2) is 60.0 Å². The van der Waals surface area contributed by atoms with Gasteiger partial charge >= 0.3 is 0 Å². The van der Waals surface area contributed by atoms with Gasteiger partial charge in [0.15, 0.2) is 5.82 Å². The van der Waals surface area contributed by atoms with Crippen LogP contribution in [0, 0.1) is 25.2 Å². The van der Waals surface area contributed by atoms with Crippen molar-refractivity contribution in [3.8, 4) is 6.07 Å². The Bertz CT molecular complexity index is 604. The second-order valence-electron chi connectivity index (χ2n) is 6.62. The van der Waals surface area contributed by atoms with E-state index in [1.165, 1.54) is 0 Å². The van der Waals surface area contributed by atoms with E-state index in [9.17, 15) is 5.26 Å². The third-order valence-electron chi connectivity index (χ3n) is 5.10. The van der Waals surface area contributed by atoms with Gasteiger partial charge in [0.2, 0.25) is 0 Å². The van der Waals surface area contributed by atoms with Crippen LogP contribution in [0.15, 0.2) is 0 Å². The number of hydrogen-bond acceptors (Lipinski definition) is 6. The maximum Gasteiger partial charge on any atom is 0.169 e. The Morgan fingerprint density at radius 1 is 1.17 bits per heavy atom. The van der Waals surface area contributed by atoms with E-state index in [4.69, 9.17) is 4.74 Å². The molecule has 3 rings (SSSR count). The lowest BCUT2D eigenvalue weighted by atomic mass is 10.0. The van der Waals surface area contributed by atoms with Gasteiger partial charge in [0.05, 0.1) is 18.4 Å². The summed E-state index contributed by atoms with van der Waals surface area (Å²) < 4.78 is 5.64. The zero-order valence-corrected chi connectivity index (χ0v) is 14.2. The van der Waals surface area contributed by atoms with Crippen molar-refractivity contribution in [1.29, 1.82) is 5.26 Å². The minimum Gasteiger partial charge on any atom is -0.376 e. The lowest BCUT2D eigenvalue weighted by Gasteiger charge is -2.42. The molecule has 0 spiro atoms. The lowest BCUT2D eigenvalue weighted by molar-refractivity contribution is -0.0373. The maximum absolute atomic E-state index is 9.47. The number of nitrogens with zero attached hydrogens (tertiary/aromatic N) is 5. The van der Waals surface area contributed by atoms with Crippen LogP contribution in [0.25, 0.3) is 0 Å². The average Bonchev–Trinajstić information content (AvgIpc) is 2.57. The number of hydrogen-bond donors (Lipinski definition) is 0. The Morgan fingerprint density at radius 3 is 2.57 bits per heavy atom. The van der Waals surface area contributed by atoms with E-state index in [2.05, 4.69) is 33.0 Å². The number of aromatic nitrogens is 2. The second-order valence-corrected chi connectivity index (χ2v) is 6.62. The van der Waals surface area contributed by atoms with Gasteiger partial charge < -0.3 is 9.64 Å². The van der Waals surface area contributed by atoms with Gasteiger partial charge in [-0.15, -0.1) is 5.10 Å². The zero-order valence-electron chi connectivity index (χ0n) is 14.2. The van der Waals surface area contributed by atoms with Crippen molar-refractivity contribution in [1.82, 2.24) is 15.1 Å². The van der Waals surface area contributed by atoms with Crippen LogP contribution in [-0.2, 0) is 4.74 Å². The van der Waals surface area contributed by atoms with Crippen molar-refractivity contribution >= 4 is 5.82 Å². The third kappa shape index (κ3) is 3.31. The minimum absolute atomic E-state index is 0.331. The molecule has 2 fully saturated rings. The van der Waals surface area contributed by atoms with Crippen molar-refractivity contribution in [2.45, 2.75) is 45.8 Å². The number of morpholine rings is 1. The van der Waals surface area contributed by atoms with Crippen molar-refractivity contribution < 1.29 is 4.74 Å². The standard InChI is InChI=1S/C17H25N5O/c1-12-11-22(8-9-23-12)15-4-6-21(7-5-15)17-16(10-18)13(2)14(3)19-20-17/h12,15H,4-9,11H2,1-3H3. The largest absolute Gasteiger partial charge is 0.376 e.